The minimum absolute atomic E-state index is 0.107. The van der Waals surface area contributed by atoms with Crippen molar-refractivity contribution in [1.29, 1.82) is 0 Å². The van der Waals surface area contributed by atoms with E-state index in [1.807, 2.05) is 6.66 Å². The van der Waals surface area contributed by atoms with Crippen molar-refractivity contribution >= 4 is 7.92 Å². The summed E-state index contributed by atoms with van der Waals surface area (Å²) in [6.45, 7) is 6.24. The zero-order chi connectivity index (χ0) is 6.57. The van der Waals surface area contributed by atoms with Crippen molar-refractivity contribution in [2.24, 2.45) is 0 Å². The third kappa shape index (κ3) is 2.61. The highest BCUT2D eigenvalue weighted by molar-refractivity contribution is 7.57. The summed E-state index contributed by atoms with van der Waals surface area (Å²) in [4.78, 5) is 0. The molecule has 1 unspecified atom stereocenters. The summed E-state index contributed by atoms with van der Waals surface area (Å²) in [6, 6.07) is 0. The van der Waals surface area contributed by atoms with Crippen molar-refractivity contribution in [3.05, 3.63) is 0 Å². The Balaban J connectivity index is 3.29. The van der Waals surface area contributed by atoms with E-state index < -0.39 is 0 Å². The van der Waals surface area contributed by atoms with Crippen LogP contribution >= 0.6 is 7.92 Å². The Morgan fingerprint density at radius 1 is 1.62 bits per heavy atom. The normalized spacial score (nSPS) is 18.0. The largest absolute Gasteiger partial charge is 0.246 e. The zero-order valence-electron chi connectivity index (χ0n) is 5.82. The Bertz CT molecular complexity index is 48.5. The maximum absolute atomic E-state index is 11.9. The summed E-state index contributed by atoms with van der Waals surface area (Å²) in [5, 5.41) is 0. The lowest BCUT2D eigenvalue weighted by Gasteiger charge is -2.13. The van der Waals surface area contributed by atoms with Gasteiger partial charge in [0, 0.05) is 0 Å². The van der Waals surface area contributed by atoms with Gasteiger partial charge in [-0.2, -0.15) is 0 Å². The van der Waals surface area contributed by atoms with Crippen LogP contribution < -0.4 is 0 Å². The van der Waals surface area contributed by atoms with Crippen molar-refractivity contribution in [1.82, 2.24) is 0 Å². The smallest absolute Gasteiger partial charge is 0.108 e. The first kappa shape index (κ1) is 8.36. The van der Waals surface area contributed by atoms with Crippen LogP contribution in [0.1, 0.15) is 20.3 Å². The molecule has 0 amide bonds. The molecule has 0 N–H and O–H groups in total. The van der Waals surface area contributed by atoms with Gasteiger partial charge in [0.05, 0.1) is 0 Å². The maximum Gasteiger partial charge on any atom is 0.108 e. The minimum atomic E-state index is -0.306. The average Bonchev–Trinajstić information content (AvgIpc) is 1.84. The molecule has 0 radical (unpaired) electrons. The SMILES string of the molecule is CC[C@H](C)P(C)CF. The molecule has 0 aromatic heterocycles. The fraction of sp³-hybridized carbons (Fsp3) is 1.00. The lowest BCUT2D eigenvalue weighted by molar-refractivity contribution is 0.595. The molecule has 0 fully saturated rings. The first-order valence-electron chi connectivity index (χ1n) is 2.98. The molecule has 0 heterocycles. The lowest BCUT2D eigenvalue weighted by Crippen LogP contribution is -1.96. The Labute approximate surface area is 52.2 Å². The highest BCUT2D eigenvalue weighted by atomic mass is 31.1. The van der Waals surface area contributed by atoms with E-state index >= 15 is 0 Å². The van der Waals surface area contributed by atoms with Gasteiger partial charge in [0.1, 0.15) is 6.42 Å². The van der Waals surface area contributed by atoms with Gasteiger partial charge in [-0.05, 0) is 18.7 Å². The third-order valence-corrected chi connectivity index (χ3v) is 3.78. The Hall–Kier alpha value is 0.360. The van der Waals surface area contributed by atoms with Crippen molar-refractivity contribution < 1.29 is 4.39 Å². The molecule has 8 heavy (non-hydrogen) atoms. The van der Waals surface area contributed by atoms with Gasteiger partial charge in [-0.1, -0.05) is 21.8 Å². The van der Waals surface area contributed by atoms with Crippen molar-refractivity contribution in [3.63, 3.8) is 0 Å². The highest BCUT2D eigenvalue weighted by Gasteiger charge is 2.06. The van der Waals surface area contributed by atoms with Crippen LogP contribution in [-0.4, -0.2) is 18.7 Å². The summed E-state index contributed by atoms with van der Waals surface area (Å²) in [6.07, 6.45) is 1.01. The van der Waals surface area contributed by atoms with Crippen molar-refractivity contribution in [3.8, 4) is 0 Å². The molecule has 0 aromatic rings. The van der Waals surface area contributed by atoms with Crippen molar-refractivity contribution in [2.45, 2.75) is 25.9 Å². The molecular formula is C6H14FP. The predicted molar refractivity (Wildman–Crippen MR) is 38.6 cm³/mol. The van der Waals surface area contributed by atoms with Gasteiger partial charge in [0.2, 0.25) is 0 Å². The van der Waals surface area contributed by atoms with Crippen LogP contribution in [0.15, 0.2) is 0 Å². The number of hydrogen-bond acceptors (Lipinski definition) is 0. The highest BCUT2D eigenvalue weighted by Crippen LogP contribution is 2.38. The molecule has 0 aliphatic carbocycles. The van der Waals surface area contributed by atoms with Gasteiger partial charge in [-0.25, -0.2) is 4.39 Å². The van der Waals surface area contributed by atoms with Gasteiger partial charge >= 0.3 is 0 Å². The molecule has 0 saturated heterocycles. The van der Waals surface area contributed by atoms with Crippen LogP contribution in [0.5, 0.6) is 0 Å². The first-order chi connectivity index (χ1) is 3.72. The summed E-state index contributed by atoms with van der Waals surface area (Å²) in [5.41, 5.74) is 0.606. The van der Waals surface area contributed by atoms with Gasteiger partial charge < -0.3 is 0 Å². The Morgan fingerprint density at radius 2 is 2.12 bits per heavy atom. The quantitative estimate of drug-likeness (QED) is 0.523. The fourth-order valence-corrected chi connectivity index (χ4v) is 1.29. The second-order valence-electron chi connectivity index (χ2n) is 2.13. The van der Waals surface area contributed by atoms with E-state index in [1.165, 1.54) is 0 Å². The second kappa shape index (κ2) is 4.26. The van der Waals surface area contributed by atoms with Gasteiger partial charge in [-0.15, -0.1) is 0 Å². The Kier molecular flexibility index (Phi) is 4.45. The van der Waals surface area contributed by atoms with E-state index in [0.29, 0.717) is 5.66 Å². The molecule has 50 valence electrons. The monoisotopic (exact) mass is 136 g/mol. The lowest BCUT2D eigenvalue weighted by atomic mass is 10.4. The van der Waals surface area contributed by atoms with E-state index in [4.69, 9.17) is 0 Å². The maximum atomic E-state index is 11.9. The molecule has 0 nitrogen and oxygen atoms in total. The van der Waals surface area contributed by atoms with Crippen LogP contribution in [0.2, 0.25) is 0 Å². The van der Waals surface area contributed by atoms with Crippen LogP contribution in [0.25, 0.3) is 0 Å². The molecule has 0 aromatic carbocycles. The summed E-state index contributed by atoms with van der Waals surface area (Å²) in [7, 11) is -0.306. The summed E-state index contributed by atoms with van der Waals surface area (Å²) < 4.78 is 11.9. The van der Waals surface area contributed by atoms with E-state index in [9.17, 15) is 4.39 Å². The van der Waals surface area contributed by atoms with Gasteiger partial charge in [0.15, 0.2) is 0 Å². The second-order valence-corrected chi connectivity index (χ2v) is 4.77. The average molecular weight is 136 g/mol. The molecular weight excluding hydrogens is 122 g/mol. The number of alkyl halides is 1. The van der Waals surface area contributed by atoms with Crippen LogP contribution in [0.4, 0.5) is 4.39 Å². The molecule has 0 aliphatic heterocycles. The molecule has 0 bridgehead atoms. The molecule has 0 rings (SSSR count). The third-order valence-electron chi connectivity index (χ3n) is 1.53. The van der Waals surface area contributed by atoms with E-state index in [-0.39, 0.29) is 14.3 Å². The van der Waals surface area contributed by atoms with Gasteiger partial charge in [0.25, 0.3) is 0 Å². The molecule has 2 atom stereocenters. The molecule has 0 spiro atoms. The first-order valence-corrected chi connectivity index (χ1v) is 5.02. The zero-order valence-corrected chi connectivity index (χ0v) is 6.71. The van der Waals surface area contributed by atoms with Crippen molar-refractivity contribution in [2.75, 3.05) is 13.1 Å². The van der Waals surface area contributed by atoms with E-state index in [2.05, 4.69) is 13.8 Å². The van der Waals surface area contributed by atoms with Crippen LogP contribution in [-0.2, 0) is 0 Å². The minimum Gasteiger partial charge on any atom is -0.246 e. The topological polar surface area (TPSA) is 0 Å². The van der Waals surface area contributed by atoms with Gasteiger partial charge in [-0.3, -0.25) is 0 Å². The number of hydrogen-bond donors (Lipinski definition) is 0. The molecule has 0 saturated carbocycles. The predicted octanol–water partition coefficient (Wildman–Crippen LogP) is 2.82. The standard InChI is InChI=1S/C6H14FP/c1-4-6(2)8(3)5-7/h6H,4-5H2,1-3H3/t6-,8?/m0/s1. The fourth-order valence-electron chi connectivity index (χ4n) is 0.429. The molecule has 2 heteroatoms. The summed E-state index contributed by atoms with van der Waals surface area (Å²) >= 11 is 0. The number of halogens is 1. The Morgan fingerprint density at radius 3 is 2.25 bits per heavy atom. The number of rotatable bonds is 3. The van der Waals surface area contributed by atoms with E-state index in [1.54, 1.807) is 0 Å². The van der Waals surface area contributed by atoms with E-state index in [0.717, 1.165) is 6.42 Å². The van der Waals surface area contributed by atoms with Crippen LogP contribution in [0.3, 0.4) is 0 Å². The molecule has 0 aliphatic rings. The van der Waals surface area contributed by atoms with Crippen LogP contribution in [0, 0.1) is 0 Å². The summed E-state index contributed by atoms with van der Waals surface area (Å²) in [5.74, 6) is 0.